The number of nitrogens with two attached hydrogens (primary N) is 2. The van der Waals surface area contributed by atoms with Crippen molar-refractivity contribution in [2.24, 2.45) is 23.3 Å². The number of benzene rings is 1. The van der Waals surface area contributed by atoms with Gasteiger partial charge in [0.1, 0.15) is 42.1 Å². The van der Waals surface area contributed by atoms with Crippen LogP contribution >= 0.6 is 15.9 Å². The van der Waals surface area contributed by atoms with Gasteiger partial charge < -0.3 is 47.9 Å². The highest BCUT2D eigenvalue weighted by atomic mass is 79.9. The molecule has 1 saturated heterocycles. The van der Waals surface area contributed by atoms with E-state index in [0.29, 0.717) is 17.3 Å². The van der Waals surface area contributed by atoms with Crippen LogP contribution in [0.25, 0.3) is 0 Å². The van der Waals surface area contributed by atoms with Crippen LogP contribution in [0.1, 0.15) is 104 Å². The molecule has 0 aliphatic carbocycles. The molecule has 0 aromatic heterocycles. The van der Waals surface area contributed by atoms with E-state index in [1.54, 1.807) is 33.8 Å². The fourth-order valence-electron chi connectivity index (χ4n) is 6.05. The molecule has 1 fully saturated rings. The van der Waals surface area contributed by atoms with E-state index in [1.807, 2.05) is 12.1 Å². The Bertz CT molecular complexity index is 1570. The summed E-state index contributed by atoms with van der Waals surface area (Å²) < 4.78 is 6.34. The Morgan fingerprint density at radius 3 is 1.89 bits per heavy atom. The third-order valence-electron chi connectivity index (χ3n) is 9.59. The average molecular weight is 853 g/mol. The number of nitrogens with one attached hydrogen (secondary N) is 5. The third kappa shape index (κ3) is 15.8. The number of ether oxygens (including phenoxy) is 1. The lowest BCUT2D eigenvalue weighted by Crippen LogP contribution is -2.63. The number of aryl methyl sites for hydroxylation is 1. The first kappa shape index (κ1) is 47.4. The summed E-state index contributed by atoms with van der Waals surface area (Å²) >= 11 is 3.33. The molecule has 1 aliphatic heterocycles. The Morgan fingerprint density at radius 1 is 0.804 bits per heavy atom. The van der Waals surface area contributed by atoms with Gasteiger partial charge in [-0.1, -0.05) is 65.9 Å². The molecule has 1 aromatic carbocycles. The van der Waals surface area contributed by atoms with Crippen LogP contribution < -0.4 is 38.1 Å². The monoisotopic (exact) mass is 851 g/mol. The number of rotatable bonds is 17. The number of phenols is 1. The zero-order chi connectivity index (χ0) is 42.1. The number of halogens is 1. The van der Waals surface area contributed by atoms with Gasteiger partial charge >= 0.3 is 5.97 Å². The van der Waals surface area contributed by atoms with Crippen molar-refractivity contribution in [3.05, 3.63) is 28.2 Å². The van der Waals surface area contributed by atoms with Crippen molar-refractivity contribution in [3.63, 3.8) is 0 Å². The molecule has 1 heterocycles. The molecule has 7 amide bonds. The second kappa shape index (κ2) is 23.4. The SMILES string of the molecule is CC[C@@H](C)[C@@H]1NC(=O)[C@H](CC(N)=O)NC(=O)[C@H](CC(N)=O)NC(=O)[C@H](C(C)C)NC(=O)[C@@H](NC(=O)CCCCCCCCc2ccc(O)c(Br)c2)[C@@H](C)OC1=O. The molecule has 0 radical (unpaired) electrons. The van der Waals surface area contributed by atoms with Crippen LogP contribution in [0.15, 0.2) is 22.7 Å². The summed E-state index contributed by atoms with van der Waals surface area (Å²) in [6.07, 6.45) is 3.70. The highest BCUT2D eigenvalue weighted by molar-refractivity contribution is 9.10. The molecule has 2 rings (SSSR count). The molecule has 312 valence electrons. The molecular weight excluding hydrogens is 794 g/mol. The number of hydrogen-bond donors (Lipinski definition) is 8. The first-order valence-electron chi connectivity index (χ1n) is 19.1. The van der Waals surface area contributed by atoms with Crippen molar-refractivity contribution >= 4 is 63.2 Å². The summed E-state index contributed by atoms with van der Waals surface area (Å²) in [6, 6.07) is -1.91. The molecule has 0 unspecified atom stereocenters. The zero-order valence-corrected chi connectivity index (χ0v) is 34.4. The summed E-state index contributed by atoms with van der Waals surface area (Å²) in [7, 11) is 0. The number of aromatic hydroxyl groups is 1. The van der Waals surface area contributed by atoms with Crippen LogP contribution in [0, 0.1) is 11.8 Å². The smallest absolute Gasteiger partial charge is 0.329 e. The Hall–Kier alpha value is -4.74. The van der Waals surface area contributed by atoms with Gasteiger partial charge in [0.15, 0.2) is 0 Å². The van der Waals surface area contributed by atoms with Crippen LogP contribution in [0.2, 0.25) is 0 Å². The van der Waals surface area contributed by atoms with E-state index in [0.717, 1.165) is 44.1 Å². The van der Waals surface area contributed by atoms with E-state index in [2.05, 4.69) is 42.5 Å². The fraction of sp³-hybridized carbons (Fsp3) is 0.632. The quantitative estimate of drug-likeness (QED) is 0.0821. The second-order valence-corrected chi connectivity index (χ2v) is 15.5. The summed E-state index contributed by atoms with van der Waals surface area (Å²) in [5.74, 6) is -8.10. The van der Waals surface area contributed by atoms with Gasteiger partial charge in [-0.15, -0.1) is 0 Å². The lowest BCUT2D eigenvalue weighted by molar-refractivity contribution is -0.157. The number of hydrogen-bond acceptors (Lipinski definition) is 10. The van der Waals surface area contributed by atoms with Crippen molar-refractivity contribution in [2.45, 2.75) is 142 Å². The molecule has 7 atom stereocenters. The Labute approximate surface area is 336 Å². The van der Waals surface area contributed by atoms with E-state index < -0.39 is 108 Å². The van der Waals surface area contributed by atoms with Gasteiger partial charge in [0.2, 0.25) is 41.4 Å². The van der Waals surface area contributed by atoms with Crippen molar-refractivity contribution in [2.75, 3.05) is 0 Å². The van der Waals surface area contributed by atoms with Crippen LogP contribution in [0.5, 0.6) is 5.75 Å². The molecule has 1 aliphatic rings. The minimum absolute atomic E-state index is 0.0663. The molecule has 0 saturated carbocycles. The highest BCUT2D eigenvalue weighted by Gasteiger charge is 2.39. The first-order valence-corrected chi connectivity index (χ1v) is 19.9. The topological polar surface area (TPSA) is 278 Å². The van der Waals surface area contributed by atoms with Gasteiger partial charge in [0.05, 0.1) is 17.3 Å². The van der Waals surface area contributed by atoms with E-state index in [1.165, 1.54) is 6.92 Å². The molecule has 0 spiro atoms. The number of primary amides is 2. The minimum Gasteiger partial charge on any atom is -0.507 e. The zero-order valence-electron chi connectivity index (χ0n) is 32.8. The van der Waals surface area contributed by atoms with Gasteiger partial charge in [-0.05, 0) is 71.6 Å². The molecule has 1 aromatic rings. The predicted octanol–water partition coefficient (Wildman–Crippen LogP) is 1.25. The van der Waals surface area contributed by atoms with Crippen molar-refractivity contribution in [3.8, 4) is 5.75 Å². The molecule has 56 heavy (non-hydrogen) atoms. The van der Waals surface area contributed by atoms with E-state index in [-0.39, 0.29) is 12.2 Å². The molecular formula is C38H58BrN7O10. The van der Waals surface area contributed by atoms with Crippen molar-refractivity contribution in [1.29, 1.82) is 0 Å². The molecule has 10 N–H and O–H groups in total. The van der Waals surface area contributed by atoms with Crippen molar-refractivity contribution < 1.29 is 48.2 Å². The normalized spacial score (nSPS) is 23.2. The van der Waals surface area contributed by atoms with Gasteiger partial charge in [-0.2, -0.15) is 0 Å². The minimum atomic E-state index is -1.62. The van der Waals surface area contributed by atoms with E-state index in [4.69, 9.17) is 16.2 Å². The first-order chi connectivity index (χ1) is 26.3. The maximum atomic E-state index is 13.8. The van der Waals surface area contributed by atoms with Gasteiger partial charge in [-0.3, -0.25) is 33.6 Å². The second-order valence-electron chi connectivity index (χ2n) is 14.7. The van der Waals surface area contributed by atoms with E-state index in [9.17, 15) is 43.5 Å². The maximum Gasteiger partial charge on any atom is 0.329 e. The summed E-state index contributed by atoms with van der Waals surface area (Å²) in [5, 5.41) is 22.1. The van der Waals surface area contributed by atoms with E-state index >= 15 is 0 Å². The number of carbonyl (C=O) groups excluding carboxylic acids is 8. The van der Waals surface area contributed by atoms with Gasteiger partial charge in [0, 0.05) is 6.42 Å². The predicted molar refractivity (Wildman–Crippen MR) is 209 cm³/mol. The lowest BCUT2D eigenvalue weighted by atomic mass is 9.98. The standard InChI is InChI=1S/C38H58BrN7O10/c1-6-21(4)32-38(55)56-22(5)33(44-30(50)14-12-10-8-7-9-11-13-23-15-16-27(47)24(39)17-23)37(54)45-31(20(2)3)36(53)43-25(18-28(40)48)34(51)42-26(19-29(41)49)35(52)46-32/h15-17,20-22,25-26,31-33,47H,6-14,18-19H2,1-5H3,(H2,40,48)(H2,41,49)(H,42,51)(H,43,53)(H,44,50)(H,45,54)(H,46,52)/t21-,22-,25+,26+,31+,32+,33+/m1/s1. The average Bonchev–Trinajstić information content (AvgIpc) is 3.12. The Kier molecular flexibility index (Phi) is 19.8. The third-order valence-corrected chi connectivity index (χ3v) is 10.2. The fourth-order valence-corrected chi connectivity index (χ4v) is 6.48. The number of carbonyl (C=O) groups is 8. The summed E-state index contributed by atoms with van der Waals surface area (Å²) in [5.41, 5.74) is 11.8. The number of amides is 7. The highest BCUT2D eigenvalue weighted by Crippen LogP contribution is 2.25. The van der Waals surface area contributed by atoms with Crippen molar-refractivity contribution in [1.82, 2.24) is 26.6 Å². The number of phenolic OH excluding ortho intramolecular Hbond substituents is 1. The molecule has 18 heteroatoms. The van der Waals surface area contributed by atoms with Gasteiger partial charge in [0.25, 0.3) is 0 Å². The van der Waals surface area contributed by atoms with Crippen LogP contribution in [-0.4, -0.2) is 88.7 Å². The summed E-state index contributed by atoms with van der Waals surface area (Å²) in [6.45, 7) is 8.02. The number of esters is 1. The van der Waals surface area contributed by atoms with Crippen LogP contribution in [-0.2, 0) is 49.5 Å². The Balaban J connectivity index is 2.27. The molecule has 0 bridgehead atoms. The number of unbranched alkanes of at least 4 members (excludes halogenated alkanes) is 5. The van der Waals surface area contributed by atoms with Crippen LogP contribution in [0.4, 0.5) is 0 Å². The molecule has 17 nitrogen and oxygen atoms in total. The summed E-state index contributed by atoms with van der Waals surface area (Å²) in [4.78, 5) is 105. The number of cyclic esters (lactones) is 1. The lowest BCUT2D eigenvalue weighted by Gasteiger charge is -2.32. The van der Waals surface area contributed by atoms with Crippen LogP contribution in [0.3, 0.4) is 0 Å². The van der Waals surface area contributed by atoms with Gasteiger partial charge in [-0.25, -0.2) is 4.79 Å². The maximum absolute atomic E-state index is 13.8. The largest absolute Gasteiger partial charge is 0.507 e. The Morgan fingerprint density at radius 2 is 1.34 bits per heavy atom.